The molecule has 1 atom stereocenters. The summed E-state index contributed by atoms with van der Waals surface area (Å²) in [6, 6.07) is 0. The quantitative estimate of drug-likeness (QED) is 0.555. The van der Waals surface area contributed by atoms with Gasteiger partial charge in [-0.1, -0.05) is 13.3 Å². The second-order valence-corrected chi connectivity index (χ2v) is 5.31. The lowest BCUT2D eigenvalue weighted by Crippen LogP contribution is -2.59. The van der Waals surface area contributed by atoms with Crippen LogP contribution in [0.2, 0.25) is 0 Å². The minimum atomic E-state index is -0.175. The maximum absolute atomic E-state index is 11.6. The van der Waals surface area contributed by atoms with Gasteiger partial charge in [0.2, 0.25) is 5.91 Å². The fourth-order valence-electron chi connectivity index (χ4n) is 2.07. The van der Waals surface area contributed by atoms with E-state index in [4.69, 9.17) is 9.84 Å². The Hall–Kier alpha value is -0.650. The Balaban J connectivity index is 2.14. The number of hydrogen-bond donors (Lipinski definition) is 3. The van der Waals surface area contributed by atoms with E-state index < -0.39 is 0 Å². The van der Waals surface area contributed by atoms with Crippen molar-refractivity contribution >= 4 is 5.91 Å². The summed E-state index contributed by atoms with van der Waals surface area (Å²) in [6.07, 6.45) is 2.85. The molecule has 1 rings (SSSR count). The van der Waals surface area contributed by atoms with E-state index in [-0.39, 0.29) is 24.7 Å². The predicted molar refractivity (Wildman–Crippen MR) is 70.3 cm³/mol. The lowest BCUT2D eigenvalue weighted by molar-refractivity contribution is -0.136. The van der Waals surface area contributed by atoms with Crippen LogP contribution in [0.5, 0.6) is 0 Å². The summed E-state index contributed by atoms with van der Waals surface area (Å²) in [5, 5.41) is 14.9. The molecule has 106 valence electrons. The molecule has 0 aromatic rings. The number of aliphatic hydroxyl groups is 1. The lowest BCUT2D eigenvalue weighted by atomic mass is 10.00. The Bertz CT molecular complexity index is 249. The highest BCUT2D eigenvalue weighted by molar-refractivity contribution is 5.77. The second-order valence-electron chi connectivity index (χ2n) is 5.31. The van der Waals surface area contributed by atoms with E-state index in [1.165, 1.54) is 0 Å². The van der Waals surface area contributed by atoms with E-state index in [9.17, 15) is 4.79 Å². The zero-order chi connectivity index (χ0) is 13.4. The fourth-order valence-corrected chi connectivity index (χ4v) is 2.07. The van der Waals surface area contributed by atoms with E-state index >= 15 is 0 Å². The highest BCUT2D eigenvalue weighted by atomic mass is 16.5. The van der Waals surface area contributed by atoms with E-state index in [1.54, 1.807) is 0 Å². The van der Waals surface area contributed by atoms with Crippen molar-refractivity contribution < 1.29 is 14.6 Å². The number of nitrogens with one attached hydrogen (secondary N) is 2. The topological polar surface area (TPSA) is 70.6 Å². The van der Waals surface area contributed by atoms with Crippen LogP contribution in [-0.2, 0) is 9.53 Å². The van der Waals surface area contributed by atoms with Crippen molar-refractivity contribution in [1.82, 2.24) is 10.6 Å². The molecule has 1 fully saturated rings. The molecule has 3 N–H and O–H groups in total. The predicted octanol–water partition coefficient (Wildman–Crippen LogP) is 0.280. The molecular formula is C13H26N2O3. The van der Waals surface area contributed by atoms with Crippen molar-refractivity contribution in [2.75, 3.05) is 32.8 Å². The molecule has 0 aromatic carbocycles. The molecule has 1 unspecified atom stereocenters. The highest BCUT2D eigenvalue weighted by Gasteiger charge is 2.32. The van der Waals surface area contributed by atoms with Crippen LogP contribution in [0.25, 0.3) is 0 Å². The molecule has 5 heteroatoms. The third-order valence-electron chi connectivity index (χ3n) is 3.37. The molecular weight excluding hydrogens is 232 g/mol. The Morgan fingerprint density at radius 3 is 2.72 bits per heavy atom. The SMILES string of the molecule is CCCC(CCO)CNC(=O)COC1(C)CNC1. The molecule has 1 heterocycles. The highest BCUT2D eigenvalue weighted by Crippen LogP contribution is 2.14. The molecule has 0 aliphatic carbocycles. The molecule has 0 bridgehead atoms. The van der Waals surface area contributed by atoms with Gasteiger partial charge in [-0.3, -0.25) is 4.79 Å². The molecule has 0 spiro atoms. The average Bonchev–Trinajstić information content (AvgIpc) is 2.31. The third-order valence-corrected chi connectivity index (χ3v) is 3.37. The van der Waals surface area contributed by atoms with Gasteiger partial charge in [0.25, 0.3) is 0 Å². The summed E-state index contributed by atoms with van der Waals surface area (Å²) in [7, 11) is 0. The normalized spacial score (nSPS) is 19.1. The van der Waals surface area contributed by atoms with Crippen molar-refractivity contribution in [2.24, 2.45) is 5.92 Å². The number of rotatable bonds is 9. The van der Waals surface area contributed by atoms with E-state index in [0.717, 1.165) is 32.4 Å². The van der Waals surface area contributed by atoms with Crippen LogP contribution in [0.3, 0.4) is 0 Å². The van der Waals surface area contributed by atoms with Crippen molar-refractivity contribution in [2.45, 2.75) is 38.7 Å². The standard InChI is InChI=1S/C13H26N2O3/c1-3-4-11(5-6-16)7-15-12(17)8-18-13(2)9-14-10-13/h11,14,16H,3-10H2,1-2H3,(H,15,17). The number of carbonyl (C=O) groups excluding carboxylic acids is 1. The number of aliphatic hydroxyl groups excluding tert-OH is 1. The van der Waals surface area contributed by atoms with Crippen molar-refractivity contribution in [3.05, 3.63) is 0 Å². The first-order valence-corrected chi connectivity index (χ1v) is 6.82. The Kier molecular flexibility index (Phi) is 6.60. The van der Waals surface area contributed by atoms with E-state index in [0.29, 0.717) is 12.5 Å². The summed E-state index contributed by atoms with van der Waals surface area (Å²) >= 11 is 0. The summed E-state index contributed by atoms with van der Waals surface area (Å²) in [6.45, 7) is 6.66. The smallest absolute Gasteiger partial charge is 0.246 e. The maximum Gasteiger partial charge on any atom is 0.246 e. The molecule has 18 heavy (non-hydrogen) atoms. The van der Waals surface area contributed by atoms with Crippen LogP contribution in [0.1, 0.15) is 33.1 Å². The number of hydrogen-bond acceptors (Lipinski definition) is 4. The number of ether oxygens (including phenoxy) is 1. The monoisotopic (exact) mass is 258 g/mol. The molecule has 0 saturated carbocycles. The largest absolute Gasteiger partial charge is 0.396 e. The number of carbonyl (C=O) groups is 1. The summed E-state index contributed by atoms with van der Waals surface area (Å²) in [5.41, 5.74) is -0.175. The van der Waals surface area contributed by atoms with Gasteiger partial charge in [-0.15, -0.1) is 0 Å². The second kappa shape index (κ2) is 7.71. The van der Waals surface area contributed by atoms with E-state index in [2.05, 4.69) is 17.6 Å². The van der Waals surface area contributed by atoms with Gasteiger partial charge in [-0.05, 0) is 25.7 Å². The van der Waals surface area contributed by atoms with Gasteiger partial charge in [0.15, 0.2) is 0 Å². The molecule has 1 aliphatic rings. The van der Waals surface area contributed by atoms with Gasteiger partial charge in [-0.2, -0.15) is 0 Å². The van der Waals surface area contributed by atoms with Gasteiger partial charge in [-0.25, -0.2) is 0 Å². The van der Waals surface area contributed by atoms with Crippen LogP contribution < -0.4 is 10.6 Å². The van der Waals surface area contributed by atoms with Gasteiger partial charge in [0, 0.05) is 26.2 Å². The van der Waals surface area contributed by atoms with Crippen molar-refractivity contribution in [1.29, 1.82) is 0 Å². The molecule has 5 nitrogen and oxygen atoms in total. The zero-order valence-electron chi connectivity index (χ0n) is 11.5. The minimum Gasteiger partial charge on any atom is -0.396 e. The first-order chi connectivity index (χ1) is 8.59. The molecule has 1 saturated heterocycles. The third kappa shape index (κ3) is 5.33. The molecule has 1 amide bonds. The van der Waals surface area contributed by atoms with Crippen LogP contribution in [0.15, 0.2) is 0 Å². The van der Waals surface area contributed by atoms with Crippen LogP contribution in [0, 0.1) is 5.92 Å². The van der Waals surface area contributed by atoms with Gasteiger partial charge < -0.3 is 20.5 Å². The number of amides is 1. The first-order valence-electron chi connectivity index (χ1n) is 6.82. The Morgan fingerprint density at radius 1 is 1.50 bits per heavy atom. The molecule has 0 aromatic heterocycles. The van der Waals surface area contributed by atoms with Gasteiger partial charge in [0.05, 0.1) is 5.60 Å². The van der Waals surface area contributed by atoms with Gasteiger partial charge in [0.1, 0.15) is 6.61 Å². The van der Waals surface area contributed by atoms with Crippen LogP contribution in [0.4, 0.5) is 0 Å². The zero-order valence-corrected chi connectivity index (χ0v) is 11.5. The van der Waals surface area contributed by atoms with Crippen molar-refractivity contribution in [3.8, 4) is 0 Å². The first kappa shape index (κ1) is 15.4. The van der Waals surface area contributed by atoms with Crippen molar-refractivity contribution in [3.63, 3.8) is 0 Å². The molecule has 1 aliphatic heterocycles. The average molecular weight is 258 g/mol. The Labute approximate surface area is 109 Å². The summed E-state index contributed by atoms with van der Waals surface area (Å²) in [4.78, 5) is 11.6. The van der Waals surface area contributed by atoms with Crippen LogP contribution >= 0.6 is 0 Å². The minimum absolute atomic E-state index is 0.0674. The van der Waals surface area contributed by atoms with Gasteiger partial charge >= 0.3 is 0 Å². The van der Waals surface area contributed by atoms with Crippen LogP contribution in [-0.4, -0.2) is 49.5 Å². The fraction of sp³-hybridized carbons (Fsp3) is 0.923. The lowest BCUT2D eigenvalue weighted by Gasteiger charge is -2.38. The van der Waals surface area contributed by atoms with E-state index in [1.807, 2.05) is 6.92 Å². The summed E-state index contributed by atoms with van der Waals surface area (Å²) in [5.74, 6) is 0.298. The molecule has 0 radical (unpaired) electrons. The summed E-state index contributed by atoms with van der Waals surface area (Å²) < 4.78 is 5.56. The Morgan fingerprint density at radius 2 is 2.22 bits per heavy atom. The maximum atomic E-state index is 11.6.